The standard InChI is InChI=1S/C30H54O5/c1-3-5-7-9-11-13-15-17-19-23-33-28(31)27-25-26-21-22-30(27,35-26)29(32)34-24-20-18-16-14-12-10-8-6-4-2/h26-27H,3-25H2,1-2H3. The van der Waals surface area contributed by atoms with Gasteiger partial charge in [-0.15, -0.1) is 0 Å². The molecule has 2 rings (SSSR count). The fraction of sp³-hybridized carbons (Fsp3) is 0.933. The lowest BCUT2D eigenvalue weighted by atomic mass is 9.78. The van der Waals surface area contributed by atoms with Gasteiger partial charge in [-0.1, -0.05) is 117 Å². The molecule has 3 unspecified atom stereocenters. The van der Waals surface area contributed by atoms with Crippen molar-refractivity contribution in [3.05, 3.63) is 0 Å². The van der Waals surface area contributed by atoms with Crippen molar-refractivity contribution in [3.63, 3.8) is 0 Å². The number of hydrogen-bond donors (Lipinski definition) is 0. The first-order valence-corrected chi connectivity index (χ1v) is 15.2. The van der Waals surface area contributed by atoms with Crippen LogP contribution in [0.25, 0.3) is 0 Å². The van der Waals surface area contributed by atoms with E-state index in [0.717, 1.165) is 32.1 Å². The number of esters is 2. The van der Waals surface area contributed by atoms with Crippen molar-refractivity contribution >= 4 is 11.9 Å². The lowest BCUT2D eigenvalue weighted by Gasteiger charge is -2.29. The summed E-state index contributed by atoms with van der Waals surface area (Å²) in [6, 6.07) is 0. The molecule has 204 valence electrons. The zero-order valence-electron chi connectivity index (χ0n) is 23.0. The third kappa shape index (κ3) is 10.8. The van der Waals surface area contributed by atoms with Gasteiger partial charge in [0.15, 0.2) is 5.60 Å². The molecule has 35 heavy (non-hydrogen) atoms. The van der Waals surface area contributed by atoms with Crippen molar-refractivity contribution in [2.75, 3.05) is 13.2 Å². The summed E-state index contributed by atoms with van der Waals surface area (Å²) in [5.74, 6) is -1.12. The number of rotatable bonds is 22. The van der Waals surface area contributed by atoms with Gasteiger partial charge in [-0.05, 0) is 32.1 Å². The first-order chi connectivity index (χ1) is 17.1. The molecular formula is C30H54O5. The number of ether oxygens (including phenoxy) is 3. The van der Waals surface area contributed by atoms with E-state index in [2.05, 4.69) is 13.8 Å². The van der Waals surface area contributed by atoms with Crippen LogP contribution in [0.15, 0.2) is 0 Å². The number of unbranched alkanes of at least 4 members (excludes halogenated alkanes) is 16. The molecule has 5 heteroatoms. The highest BCUT2D eigenvalue weighted by molar-refractivity contribution is 5.89. The minimum Gasteiger partial charge on any atom is -0.465 e. The fourth-order valence-corrected chi connectivity index (χ4v) is 5.63. The summed E-state index contributed by atoms with van der Waals surface area (Å²) in [7, 11) is 0. The van der Waals surface area contributed by atoms with Gasteiger partial charge in [0.05, 0.1) is 25.2 Å². The van der Waals surface area contributed by atoms with Crippen molar-refractivity contribution in [2.24, 2.45) is 5.92 Å². The van der Waals surface area contributed by atoms with Gasteiger partial charge in [0.25, 0.3) is 0 Å². The van der Waals surface area contributed by atoms with Crippen molar-refractivity contribution in [1.82, 2.24) is 0 Å². The van der Waals surface area contributed by atoms with E-state index in [1.165, 1.54) is 89.9 Å². The van der Waals surface area contributed by atoms with Crippen LogP contribution in [0.5, 0.6) is 0 Å². The van der Waals surface area contributed by atoms with E-state index >= 15 is 0 Å². The van der Waals surface area contributed by atoms with E-state index in [4.69, 9.17) is 14.2 Å². The molecule has 0 aromatic carbocycles. The minimum atomic E-state index is -1.10. The van der Waals surface area contributed by atoms with Crippen molar-refractivity contribution in [2.45, 2.75) is 160 Å². The number of hydrogen-bond acceptors (Lipinski definition) is 5. The first-order valence-electron chi connectivity index (χ1n) is 15.2. The number of carbonyl (C=O) groups excluding carboxylic acids is 2. The summed E-state index contributed by atoms with van der Waals surface area (Å²) < 4.78 is 17.2. The Morgan fingerprint density at radius 1 is 0.686 bits per heavy atom. The maximum absolute atomic E-state index is 13.0. The molecule has 5 nitrogen and oxygen atoms in total. The van der Waals surface area contributed by atoms with Crippen LogP contribution in [-0.2, 0) is 23.8 Å². The molecule has 0 radical (unpaired) electrons. The van der Waals surface area contributed by atoms with E-state index < -0.39 is 11.5 Å². The minimum absolute atomic E-state index is 0.0134. The second-order valence-electron chi connectivity index (χ2n) is 10.9. The third-order valence-corrected chi connectivity index (χ3v) is 7.88. The molecule has 0 amide bonds. The molecule has 2 fully saturated rings. The Hall–Kier alpha value is -1.10. The smallest absolute Gasteiger partial charge is 0.339 e. The van der Waals surface area contributed by atoms with E-state index in [1.807, 2.05) is 0 Å². The van der Waals surface area contributed by atoms with Crippen LogP contribution in [0, 0.1) is 5.92 Å². The van der Waals surface area contributed by atoms with E-state index in [-0.39, 0.29) is 18.0 Å². The molecule has 0 N–H and O–H groups in total. The van der Waals surface area contributed by atoms with Gasteiger partial charge in [0.1, 0.15) is 0 Å². The van der Waals surface area contributed by atoms with Crippen molar-refractivity contribution in [3.8, 4) is 0 Å². The lowest BCUT2D eigenvalue weighted by Crippen LogP contribution is -2.47. The molecule has 0 aromatic rings. The van der Waals surface area contributed by atoms with Crippen LogP contribution < -0.4 is 0 Å². The van der Waals surface area contributed by atoms with Crippen molar-refractivity contribution < 1.29 is 23.8 Å². The van der Waals surface area contributed by atoms with Crippen LogP contribution in [0.4, 0.5) is 0 Å². The van der Waals surface area contributed by atoms with Gasteiger partial charge in [0, 0.05) is 0 Å². The molecule has 2 aliphatic heterocycles. The quantitative estimate of drug-likeness (QED) is 0.112. The van der Waals surface area contributed by atoms with Crippen LogP contribution in [0.2, 0.25) is 0 Å². The summed E-state index contributed by atoms with van der Waals surface area (Å²) in [6.07, 6.45) is 24.1. The van der Waals surface area contributed by atoms with Crippen molar-refractivity contribution in [1.29, 1.82) is 0 Å². The zero-order chi connectivity index (χ0) is 25.2. The molecule has 3 atom stereocenters. The lowest BCUT2D eigenvalue weighted by molar-refractivity contribution is -0.176. The average molecular weight is 495 g/mol. The van der Waals surface area contributed by atoms with Gasteiger partial charge in [-0.25, -0.2) is 4.79 Å². The Bertz CT molecular complexity index is 577. The highest BCUT2D eigenvalue weighted by atomic mass is 16.6. The van der Waals surface area contributed by atoms with Crippen LogP contribution in [-0.4, -0.2) is 36.9 Å². The fourth-order valence-electron chi connectivity index (χ4n) is 5.63. The predicted octanol–water partition coefficient (Wildman–Crippen LogP) is 8.07. The summed E-state index contributed by atoms with van der Waals surface area (Å²) in [5, 5.41) is 0. The summed E-state index contributed by atoms with van der Waals surface area (Å²) >= 11 is 0. The topological polar surface area (TPSA) is 61.8 Å². The van der Waals surface area contributed by atoms with Gasteiger partial charge in [0.2, 0.25) is 0 Å². The van der Waals surface area contributed by atoms with Gasteiger partial charge >= 0.3 is 11.9 Å². The Balaban J connectivity index is 1.57. The Kier molecular flexibility index (Phi) is 15.7. The van der Waals surface area contributed by atoms with Gasteiger partial charge in [-0.2, -0.15) is 0 Å². The molecule has 0 saturated carbocycles. The average Bonchev–Trinajstić information content (AvgIpc) is 3.46. The highest BCUT2D eigenvalue weighted by Gasteiger charge is 2.62. The van der Waals surface area contributed by atoms with E-state index in [1.54, 1.807) is 0 Å². The second kappa shape index (κ2) is 18.2. The molecule has 2 aliphatic rings. The molecular weight excluding hydrogens is 440 g/mol. The van der Waals surface area contributed by atoms with Gasteiger partial charge in [-0.3, -0.25) is 4.79 Å². The Morgan fingerprint density at radius 3 is 1.63 bits per heavy atom. The monoisotopic (exact) mass is 494 g/mol. The largest absolute Gasteiger partial charge is 0.465 e. The zero-order valence-corrected chi connectivity index (χ0v) is 23.0. The first kappa shape index (κ1) is 30.1. The number of carbonyl (C=O) groups is 2. The molecule has 2 bridgehead atoms. The summed E-state index contributed by atoms with van der Waals surface area (Å²) in [5.41, 5.74) is -1.10. The highest BCUT2D eigenvalue weighted by Crippen LogP contribution is 2.49. The number of fused-ring (bicyclic) bond motifs is 2. The molecule has 0 aliphatic carbocycles. The SMILES string of the molecule is CCCCCCCCCCCOC(=O)C1CC2CCC1(C(=O)OCCCCCCCCCCC)O2. The second-order valence-corrected chi connectivity index (χ2v) is 10.9. The third-order valence-electron chi connectivity index (χ3n) is 7.88. The maximum atomic E-state index is 13.0. The summed E-state index contributed by atoms with van der Waals surface area (Å²) in [6.45, 7) is 5.35. The van der Waals surface area contributed by atoms with Gasteiger partial charge < -0.3 is 14.2 Å². The van der Waals surface area contributed by atoms with Crippen LogP contribution >= 0.6 is 0 Å². The summed E-state index contributed by atoms with van der Waals surface area (Å²) in [4.78, 5) is 25.8. The van der Waals surface area contributed by atoms with E-state index in [9.17, 15) is 9.59 Å². The maximum Gasteiger partial charge on any atom is 0.339 e. The molecule has 0 aromatic heterocycles. The molecule has 0 spiro atoms. The Labute approximate surface area is 215 Å². The van der Waals surface area contributed by atoms with Crippen LogP contribution in [0.3, 0.4) is 0 Å². The van der Waals surface area contributed by atoms with E-state index in [0.29, 0.717) is 26.1 Å². The predicted molar refractivity (Wildman–Crippen MR) is 141 cm³/mol. The molecule has 2 heterocycles. The Morgan fingerprint density at radius 2 is 1.14 bits per heavy atom. The normalized spacial score (nSPS) is 23.0. The molecule has 2 saturated heterocycles. The van der Waals surface area contributed by atoms with Crippen LogP contribution in [0.1, 0.15) is 149 Å².